The van der Waals surface area contributed by atoms with Crippen molar-refractivity contribution in [3.8, 4) is 5.75 Å². The van der Waals surface area contributed by atoms with Gasteiger partial charge in [-0.05, 0) is 65.0 Å². The van der Waals surface area contributed by atoms with E-state index in [1.54, 1.807) is 12.1 Å². The molecule has 0 aromatic heterocycles. The third-order valence-electron chi connectivity index (χ3n) is 6.59. The van der Waals surface area contributed by atoms with Crippen molar-refractivity contribution in [2.24, 2.45) is 11.8 Å². The van der Waals surface area contributed by atoms with Gasteiger partial charge in [-0.25, -0.2) is 0 Å². The minimum absolute atomic E-state index is 0.0407. The Labute approximate surface area is 196 Å². The van der Waals surface area contributed by atoms with E-state index in [4.69, 9.17) is 4.74 Å². The zero-order chi connectivity index (χ0) is 22.7. The second-order valence-corrected chi connectivity index (χ2v) is 10.8. The lowest BCUT2D eigenvalue weighted by Crippen LogP contribution is -2.50. The fourth-order valence-corrected chi connectivity index (χ4v) is 5.86. The molecule has 2 aromatic carbocycles. The Morgan fingerprint density at radius 1 is 1.12 bits per heavy atom. The van der Waals surface area contributed by atoms with E-state index < -0.39 is 11.3 Å². The topological polar surface area (TPSA) is 21.3 Å². The van der Waals surface area contributed by atoms with E-state index >= 15 is 0 Å². The second-order valence-electron chi connectivity index (χ2n) is 9.62. The van der Waals surface area contributed by atoms with E-state index in [1.165, 1.54) is 0 Å². The average Bonchev–Trinajstić information content (AvgIpc) is 2.71. The van der Waals surface area contributed by atoms with Crippen LogP contribution in [0.4, 0.5) is 8.78 Å². The third-order valence-corrected chi connectivity index (χ3v) is 6.87. The molecule has 3 aliphatic rings. The first-order valence-corrected chi connectivity index (χ1v) is 11.7. The predicted molar refractivity (Wildman–Crippen MR) is 128 cm³/mol. The molecular weight excluding hydrogens is 472 g/mol. The number of hydrogen-bond donors (Lipinski definition) is 1. The number of fused-ring (bicyclic) bond motifs is 5. The van der Waals surface area contributed by atoms with E-state index in [1.807, 2.05) is 24.3 Å². The maximum Gasteiger partial charge on any atom is 0.305 e. The van der Waals surface area contributed by atoms with Crippen LogP contribution in [0.5, 0.6) is 5.75 Å². The lowest BCUT2D eigenvalue weighted by molar-refractivity contribution is 0.112. The Morgan fingerprint density at radius 3 is 2.59 bits per heavy atom. The Hall–Kier alpha value is -2.40. The molecular formula is C27H26BrF2NO. The fraction of sp³-hybridized carbons (Fsp3) is 0.333. The van der Waals surface area contributed by atoms with Crippen LogP contribution in [-0.2, 0) is 6.42 Å². The summed E-state index contributed by atoms with van der Waals surface area (Å²) in [4.78, 5) is -2.98. The van der Waals surface area contributed by atoms with Crippen LogP contribution in [0, 0.1) is 11.8 Å². The van der Waals surface area contributed by atoms with Crippen LogP contribution in [0.25, 0.3) is 5.57 Å². The largest absolute Gasteiger partial charge is 0.484 e. The number of piperidine rings is 1. The van der Waals surface area contributed by atoms with E-state index in [2.05, 4.69) is 66.0 Å². The maximum absolute atomic E-state index is 14.0. The molecule has 2 aromatic rings. The van der Waals surface area contributed by atoms with Crippen molar-refractivity contribution < 1.29 is 13.5 Å². The number of rotatable bonds is 3. The van der Waals surface area contributed by atoms with Crippen molar-refractivity contribution in [2.45, 2.75) is 43.2 Å². The third kappa shape index (κ3) is 3.81. The van der Waals surface area contributed by atoms with Crippen LogP contribution in [0.1, 0.15) is 43.1 Å². The number of benzene rings is 2. The van der Waals surface area contributed by atoms with Gasteiger partial charge in [0.25, 0.3) is 0 Å². The predicted octanol–water partition coefficient (Wildman–Crippen LogP) is 7.19. The van der Waals surface area contributed by atoms with Crippen molar-refractivity contribution in [3.63, 3.8) is 0 Å². The van der Waals surface area contributed by atoms with E-state index in [-0.39, 0.29) is 23.5 Å². The first-order valence-electron chi connectivity index (χ1n) is 10.9. The molecule has 0 saturated carbocycles. The molecule has 166 valence electrons. The second kappa shape index (κ2) is 7.58. The fourth-order valence-electron chi connectivity index (χ4n) is 5.55. The first kappa shape index (κ1) is 21.4. The molecule has 0 bridgehead atoms. The molecule has 1 fully saturated rings. The molecule has 2 heterocycles. The molecule has 1 N–H and O–H groups in total. The Balaban J connectivity index is 1.70. The van der Waals surface area contributed by atoms with Gasteiger partial charge in [-0.15, -0.1) is 0 Å². The number of alkyl halides is 3. The highest BCUT2D eigenvalue weighted by molar-refractivity contribution is 9.10. The van der Waals surface area contributed by atoms with Crippen LogP contribution in [0.15, 0.2) is 78.5 Å². The highest BCUT2D eigenvalue weighted by atomic mass is 79.9. The quantitative estimate of drug-likeness (QED) is 0.357. The van der Waals surface area contributed by atoms with E-state index in [0.717, 1.165) is 34.4 Å². The Bertz CT molecular complexity index is 1130. The maximum atomic E-state index is 14.0. The number of allylic oxidation sites excluding steroid dienone is 3. The van der Waals surface area contributed by atoms with Crippen LogP contribution in [0.2, 0.25) is 0 Å². The normalized spacial score (nSPS) is 25.9. The highest BCUT2D eigenvalue weighted by Gasteiger charge is 2.47. The molecule has 0 amide bonds. The minimum atomic E-state index is -2.98. The smallest absolute Gasteiger partial charge is 0.305 e. The number of nitrogens with one attached hydrogen (secondary N) is 1. The van der Waals surface area contributed by atoms with Crippen molar-refractivity contribution >= 4 is 21.5 Å². The van der Waals surface area contributed by atoms with Gasteiger partial charge < -0.3 is 10.1 Å². The van der Waals surface area contributed by atoms with Gasteiger partial charge in [0.2, 0.25) is 0 Å². The van der Waals surface area contributed by atoms with Crippen molar-refractivity contribution in [1.82, 2.24) is 5.32 Å². The van der Waals surface area contributed by atoms with Gasteiger partial charge in [0, 0.05) is 35.1 Å². The summed E-state index contributed by atoms with van der Waals surface area (Å²) in [5.74, 6) is 0.646. The van der Waals surface area contributed by atoms with Crippen molar-refractivity contribution in [1.29, 1.82) is 0 Å². The van der Waals surface area contributed by atoms with Crippen LogP contribution >= 0.6 is 15.9 Å². The summed E-state index contributed by atoms with van der Waals surface area (Å²) in [5.41, 5.74) is 5.68. The molecule has 5 heteroatoms. The summed E-state index contributed by atoms with van der Waals surface area (Å²) >= 11 is 2.53. The van der Waals surface area contributed by atoms with E-state index in [0.29, 0.717) is 11.3 Å². The van der Waals surface area contributed by atoms with Crippen molar-refractivity contribution in [2.75, 3.05) is 0 Å². The Morgan fingerprint density at radius 2 is 1.88 bits per heavy atom. The molecule has 3 unspecified atom stereocenters. The first-order chi connectivity index (χ1) is 15.1. The average molecular weight is 498 g/mol. The van der Waals surface area contributed by atoms with Gasteiger partial charge in [-0.1, -0.05) is 60.7 Å². The molecule has 0 radical (unpaired) electrons. The van der Waals surface area contributed by atoms with Gasteiger partial charge in [0.15, 0.2) is 0 Å². The van der Waals surface area contributed by atoms with Crippen LogP contribution < -0.4 is 10.1 Å². The zero-order valence-electron chi connectivity index (χ0n) is 18.2. The number of hydrogen-bond acceptors (Lipinski definition) is 2. The molecule has 5 rings (SSSR count). The number of halogens is 3. The standard InChI is InChI=1S/C27H26BrF2NO/c1-16-14-26(2,3)31-20-13-12-19-23-18(15-27(28,29)30)10-7-11-21(23)32-25(24(19)22(16)20)17-8-5-4-6-9-17/h4-13,22,24-25,31H,1,14-15H2,2-3H3. The van der Waals surface area contributed by atoms with Gasteiger partial charge in [-0.2, -0.15) is 8.78 Å². The van der Waals surface area contributed by atoms with Crippen LogP contribution in [0.3, 0.4) is 0 Å². The minimum Gasteiger partial charge on any atom is -0.484 e. The molecule has 2 aliphatic heterocycles. The number of ether oxygens (including phenoxy) is 1. The summed E-state index contributed by atoms with van der Waals surface area (Å²) in [6.07, 6.45) is 4.40. The van der Waals surface area contributed by atoms with Gasteiger partial charge >= 0.3 is 4.83 Å². The van der Waals surface area contributed by atoms with E-state index in [9.17, 15) is 8.78 Å². The Kier molecular flexibility index (Phi) is 5.08. The van der Waals surface area contributed by atoms with Crippen molar-refractivity contribution in [3.05, 3.63) is 95.2 Å². The molecule has 1 aliphatic carbocycles. The zero-order valence-corrected chi connectivity index (χ0v) is 19.8. The summed E-state index contributed by atoms with van der Waals surface area (Å²) in [6, 6.07) is 15.6. The molecule has 32 heavy (non-hydrogen) atoms. The summed E-state index contributed by atoms with van der Waals surface area (Å²) in [5, 5.41) is 3.68. The molecule has 3 atom stereocenters. The SMILES string of the molecule is C=C1CC(C)(C)NC2=CC=C3c4c(CC(F)(F)Br)cccc4OC(c4ccccc4)C3C12. The lowest BCUT2D eigenvalue weighted by Gasteiger charge is -2.49. The summed E-state index contributed by atoms with van der Waals surface area (Å²) in [6.45, 7) is 8.81. The monoisotopic (exact) mass is 497 g/mol. The molecule has 2 nitrogen and oxygen atoms in total. The molecule has 0 spiro atoms. The van der Waals surface area contributed by atoms with Gasteiger partial charge in [0.1, 0.15) is 11.9 Å². The van der Waals surface area contributed by atoms with Gasteiger partial charge in [0.05, 0.1) is 0 Å². The summed E-state index contributed by atoms with van der Waals surface area (Å²) < 4.78 is 34.6. The summed E-state index contributed by atoms with van der Waals surface area (Å²) in [7, 11) is 0. The highest BCUT2D eigenvalue weighted by Crippen LogP contribution is 2.56. The van der Waals surface area contributed by atoms with Gasteiger partial charge in [-0.3, -0.25) is 0 Å². The molecule has 1 saturated heterocycles. The van der Waals surface area contributed by atoms with Crippen LogP contribution in [-0.4, -0.2) is 10.4 Å². The lowest BCUT2D eigenvalue weighted by atomic mass is 9.65.